The van der Waals surface area contributed by atoms with Gasteiger partial charge in [-0.15, -0.1) is 11.3 Å². The van der Waals surface area contributed by atoms with Gasteiger partial charge in [-0.05, 0) is 29.1 Å². The summed E-state index contributed by atoms with van der Waals surface area (Å²) in [6.45, 7) is 1.31. The first-order valence-corrected chi connectivity index (χ1v) is 10.0. The first-order valence-electron chi connectivity index (χ1n) is 8.75. The summed E-state index contributed by atoms with van der Waals surface area (Å²) >= 11 is 7.34. The van der Waals surface area contributed by atoms with Crippen LogP contribution >= 0.6 is 22.9 Å². The normalized spacial score (nSPS) is 19.3. The largest absolute Gasteiger partial charge is 0.872 e. The van der Waals surface area contributed by atoms with Crippen molar-refractivity contribution in [1.29, 1.82) is 0 Å². The summed E-state index contributed by atoms with van der Waals surface area (Å²) in [7, 11) is 4.07. The van der Waals surface area contributed by atoms with E-state index in [2.05, 4.69) is 0 Å². The fraction of sp³-hybridized carbons (Fsp3) is 0.300. The molecule has 1 fully saturated rings. The highest BCUT2D eigenvalue weighted by molar-refractivity contribution is 7.10. The monoisotopic (exact) mass is 404 g/mol. The number of amides is 1. The van der Waals surface area contributed by atoms with Crippen molar-refractivity contribution >= 4 is 40.4 Å². The number of thiophene rings is 1. The number of carbonyl (C=O) groups excluding carboxylic acids is 2. The molecule has 2 heterocycles. The maximum atomic E-state index is 13.1. The minimum atomic E-state index is -0.703. The number of benzene rings is 1. The van der Waals surface area contributed by atoms with E-state index >= 15 is 0 Å². The summed E-state index contributed by atoms with van der Waals surface area (Å²) in [5.41, 5.74) is 0.388. The Bertz CT molecular complexity index is 860. The Hall–Kier alpha value is -2.15. The maximum absolute atomic E-state index is 13.1. The SMILES string of the molecule is C[NH+](C)CCCN1C(=O)C(=O)C(=C([O-])c2ccc(Cl)cc2)C1c1cccs1. The molecular formula is C20H21ClN2O3S. The second-order valence-electron chi connectivity index (χ2n) is 6.81. The highest BCUT2D eigenvalue weighted by Crippen LogP contribution is 2.40. The lowest BCUT2D eigenvalue weighted by Gasteiger charge is -2.26. The van der Waals surface area contributed by atoms with Crippen molar-refractivity contribution in [1.82, 2.24) is 4.90 Å². The number of Topliss-reactive ketones (excluding diaryl/α,β-unsaturated/α-hetero) is 1. The number of hydrogen-bond donors (Lipinski definition) is 1. The molecule has 1 aromatic carbocycles. The van der Waals surface area contributed by atoms with Crippen LogP contribution in [0.15, 0.2) is 47.4 Å². The van der Waals surface area contributed by atoms with E-state index in [4.69, 9.17) is 11.6 Å². The van der Waals surface area contributed by atoms with Crippen LogP contribution in [0.4, 0.5) is 0 Å². The molecule has 1 aliphatic heterocycles. The molecule has 2 aromatic rings. The molecule has 0 radical (unpaired) electrons. The average molecular weight is 405 g/mol. The quantitative estimate of drug-likeness (QED) is 0.446. The lowest BCUT2D eigenvalue weighted by molar-refractivity contribution is -0.858. The van der Waals surface area contributed by atoms with Gasteiger partial charge in [-0.2, -0.15) is 0 Å². The molecule has 1 aliphatic rings. The van der Waals surface area contributed by atoms with Crippen molar-refractivity contribution in [3.05, 3.63) is 62.8 Å². The smallest absolute Gasteiger partial charge is 0.295 e. The van der Waals surface area contributed by atoms with E-state index < -0.39 is 23.5 Å². The highest BCUT2D eigenvalue weighted by Gasteiger charge is 2.44. The predicted octanol–water partition coefficient (Wildman–Crippen LogP) is 1.16. The molecule has 0 aliphatic carbocycles. The lowest BCUT2D eigenvalue weighted by Crippen LogP contribution is -3.05. The van der Waals surface area contributed by atoms with Crippen LogP contribution in [0.25, 0.3) is 5.76 Å². The molecule has 1 atom stereocenters. The van der Waals surface area contributed by atoms with E-state index in [1.807, 2.05) is 31.6 Å². The highest BCUT2D eigenvalue weighted by atomic mass is 35.5. The van der Waals surface area contributed by atoms with Gasteiger partial charge in [0.05, 0.1) is 26.7 Å². The number of carbonyl (C=O) groups is 2. The molecule has 1 unspecified atom stereocenters. The van der Waals surface area contributed by atoms with Crippen LogP contribution in [0.5, 0.6) is 0 Å². The molecule has 1 N–H and O–H groups in total. The first-order chi connectivity index (χ1) is 12.9. The van der Waals surface area contributed by atoms with Gasteiger partial charge in [0.2, 0.25) is 5.78 Å². The van der Waals surface area contributed by atoms with Crippen LogP contribution in [0.3, 0.4) is 0 Å². The maximum Gasteiger partial charge on any atom is 0.295 e. The Balaban J connectivity index is 2.03. The Kier molecular flexibility index (Phi) is 5.99. The van der Waals surface area contributed by atoms with Gasteiger partial charge in [-0.3, -0.25) is 9.59 Å². The fourth-order valence-electron chi connectivity index (χ4n) is 3.20. The molecule has 1 saturated heterocycles. The molecule has 0 bridgehead atoms. The van der Waals surface area contributed by atoms with Gasteiger partial charge in [-0.1, -0.05) is 35.6 Å². The van der Waals surface area contributed by atoms with E-state index in [1.54, 1.807) is 29.2 Å². The predicted molar refractivity (Wildman–Crippen MR) is 104 cm³/mol. The minimum Gasteiger partial charge on any atom is -0.872 e. The molecule has 1 amide bonds. The number of likely N-dealkylation sites (tertiary alicyclic amines) is 1. The van der Waals surface area contributed by atoms with E-state index in [-0.39, 0.29) is 5.57 Å². The molecule has 3 rings (SSSR count). The lowest BCUT2D eigenvalue weighted by atomic mass is 10.00. The number of nitrogens with zero attached hydrogens (tertiary/aromatic N) is 1. The second-order valence-corrected chi connectivity index (χ2v) is 8.22. The van der Waals surface area contributed by atoms with Crippen LogP contribution in [-0.2, 0) is 9.59 Å². The van der Waals surface area contributed by atoms with E-state index in [0.29, 0.717) is 17.1 Å². The Morgan fingerprint density at radius 3 is 2.52 bits per heavy atom. The first kappa shape index (κ1) is 19.6. The third-order valence-electron chi connectivity index (χ3n) is 4.52. The molecule has 0 saturated carbocycles. The number of ketones is 1. The van der Waals surface area contributed by atoms with Gasteiger partial charge >= 0.3 is 0 Å². The van der Waals surface area contributed by atoms with Gasteiger partial charge < -0.3 is 14.9 Å². The van der Waals surface area contributed by atoms with Crippen LogP contribution in [-0.4, -0.2) is 43.8 Å². The Morgan fingerprint density at radius 1 is 1.22 bits per heavy atom. The summed E-state index contributed by atoms with van der Waals surface area (Å²) in [6, 6.07) is 9.48. The third-order valence-corrected chi connectivity index (χ3v) is 5.70. The van der Waals surface area contributed by atoms with Crippen molar-refractivity contribution < 1.29 is 19.6 Å². The molecule has 1 aromatic heterocycles. The number of rotatable bonds is 6. The van der Waals surface area contributed by atoms with Gasteiger partial charge in [0, 0.05) is 28.4 Å². The van der Waals surface area contributed by atoms with E-state index in [9.17, 15) is 14.7 Å². The number of halogens is 1. The van der Waals surface area contributed by atoms with Crippen LogP contribution in [0.2, 0.25) is 5.02 Å². The van der Waals surface area contributed by atoms with E-state index in [1.165, 1.54) is 16.2 Å². The summed E-state index contributed by atoms with van der Waals surface area (Å²) in [5.74, 6) is -1.71. The van der Waals surface area contributed by atoms with Gasteiger partial charge in [0.25, 0.3) is 5.91 Å². The van der Waals surface area contributed by atoms with Crippen molar-refractivity contribution in [2.24, 2.45) is 0 Å². The molecule has 27 heavy (non-hydrogen) atoms. The Morgan fingerprint density at radius 2 is 1.93 bits per heavy atom. The zero-order valence-electron chi connectivity index (χ0n) is 15.2. The second kappa shape index (κ2) is 8.25. The van der Waals surface area contributed by atoms with Crippen molar-refractivity contribution in [3.8, 4) is 0 Å². The molecule has 5 nitrogen and oxygen atoms in total. The summed E-state index contributed by atoms with van der Waals surface area (Å²) in [6.07, 6.45) is 0.756. The van der Waals surface area contributed by atoms with Gasteiger partial charge in [0.15, 0.2) is 0 Å². The summed E-state index contributed by atoms with van der Waals surface area (Å²) in [4.78, 5) is 29.0. The van der Waals surface area contributed by atoms with E-state index in [0.717, 1.165) is 17.8 Å². The number of quaternary nitrogens is 1. The molecule has 142 valence electrons. The molecular weight excluding hydrogens is 384 g/mol. The summed E-state index contributed by atoms with van der Waals surface area (Å²) in [5, 5.41) is 15.5. The summed E-state index contributed by atoms with van der Waals surface area (Å²) < 4.78 is 0. The third kappa shape index (κ3) is 4.08. The van der Waals surface area contributed by atoms with Crippen molar-refractivity contribution in [2.75, 3.05) is 27.2 Å². The minimum absolute atomic E-state index is 0.0296. The fourth-order valence-corrected chi connectivity index (χ4v) is 4.17. The van der Waals surface area contributed by atoms with Crippen LogP contribution in [0, 0.1) is 0 Å². The number of nitrogens with one attached hydrogen (secondary N) is 1. The zero-order chi connectivity index (χ0) is 19.6. The van der Waals surface area contributed by atoms with Gasteiger partial charge in [0.1, 0.15) is 0 Å². The van der Waals surface area contributed by atoms with Crippen LogP contribution < -0.4 is 10.0 Å². The average Bonchev–Trinajstić information content (AvgIpc) is 3.24. The van der Waals surface area contributed by atoms with Gasteiger partial charge in [-0.25, -0.2) is 0 Å². The van der Waals surface area contributed by atoms with Crippen molar-refractivity contribution in [3.63, 3.8) is 0 Å². The van der Waals surface area contributed by atoms with Crippen molar-refractivity contribution in [2.45, 2.75) is 12.5 Å². The molecule has 7 heteroatoms. The zero-order valence-corrected chi connectivity index (χ0v) is 16.8. The molecule has 0 spiro atoms. The van der Waals surface area contributed by atoms with Crippen LogP contribution in [0.1, 0.15) is 22.9 Å². The topological polar surface area (TPSA) is 64.9 Å². The Labute approximate surface area is 167 Å². The standard InChI is InChI=1S/C20H21ClN2O3S/c1-22(2)10-4-11-23-17(15-5-3-12-27-15)16(19(25)20(23)26)18(24)13-6-8-14(21)9-7-13/h3,5-9,12,17,24H,4,10-11H2,1-2H3. The number of hydrogen-bond acceptors (Lipinski definition) is 4.